The molecule has 0 radical (unpaired) electrons. The van der Waals surface area contributed by atoms with Crippen molar-refractivity contribution < 1.29 is 9.53 Å². The monoisotopic (exact) mass is 324 g/mol. The molecule has 0 saturated carbocycles. The Balaban J connectivity index is 1.82. The van der Waals surface area contributed by atoms with Gasteiger partial charge in [0, 0.05) is 38.4 Å². The Bertz CT molecular complexity index is 562. The largest absolute Gasteiger partial charge is 0.379 e. The van der Waals surface area contributed by atoms with Gasteiger partial charge in [-0.2, -0.15) is 4.98 Å². The minimum absolute atomic E-state index is 0.0332. The maximum Gasteiger partial charge on any atom is 0.224 e. The predicted molar refractivity (Wildman–Crippen MR) is 84.6 cm³/mol. The van der Waals surface area contributed by atoms with E-state index in [0.29, 0.717) is 23.3 Å². The summed E-state index contributed by atoms with van der Waals surface area (Å²) in [6, 6.07) is 0.456. The van der Waals surface area contributed by atoms with Crippen molar-refractivity contribution in [3.63, 3.8) is 0 Å². The Morgan fingerprint density at radius 3 is 2.77 bits per heavy atom. The molecular formula is C15H21ClN4O2. The quantitative estimate of drug-likeness (QED) is 0.620. The van der Waals surface area contributed by atoms with Crippen LogP contribution in [0.5, 0.6) is 0 Å². The SMILES string of the molecule is CC(=O)c1cnc(Cl)nc1N1CC(C)C(N2CCOCC2)C1. The summed E-state index contributed by atoms with van der Waals surface area (Å²) in [7, 11) is 0. The van der Waals surface area contributed by atoms with Crippen LogP contribution in [0, 0.1) is 5.92 Å². The van der Waals surface area contributed by atoms with Gasteiger partial charge in [0.05, 0.1) is 18.8 Å². The molecule has 1 aromatic rings. The number of carbonyl (C=O) groups excluding carboxylic acids is 1. The van der Waals surface area contributed by atoms with Gasteiger partial charge < -0.3 is 9.64 Å². The first kappa shape index (κ1) is 15.6. The third-order valence-corrected chi connectivity index (χ3v) is 4.69. The second-order valence-corrected chi connectivity index (χ2v) is 6.37. The average Bonchev–Trinajstić information content (AvgIpc) is 2.89. The molecule has 2 aliphatic heterocycles. The van der Waals surface area contributed by atoms with Crippen LogP contribution in [-0.4, -0.2) is 66.1 Å². The number of anilines is 1. The van der Waals surface area contributed by atoms with Crippen LogP contribution in [0.3, 0.4) is 0 Å². The molecule has 2 saturated heterocycles. The van der Waals surface area contributed by atoms with Crippen LogP contribution >= 0.6 is 11.6 Å². The molecule has 0 aromatic carbocycles. The van der Waals surface area contributed by atoms with Crippen LogP contribution in [0.2, 0.25) is 5.28 Å². The lowest BCUT2D eigenvalue weighted by Gasteiger charge is -2.34. The summed E-state index contributed by atoms with van der Waals surface area (Å²) in [6.07, 6.45) is 1.53. The molecule has 0 bridgehead atoms. The molecule has 3 rings (SSSR count). The number of halogens is 1. The third kappa shape index (κ3) is 3.09. The molecule has 2 aliphatic rings. The van der Waals surface area contributed by atoms with Crippen LogP contribution in [0.15, 0.2) is 6.20 Å². The average molecular weight is 325 g/mol. The number of carbonyl (C=O) groups is 1. The summed E-state index contributed by atoms with van der Waals surface area (Å²) in [6.45, 7) is 9.03. The minimum Gasteiger partial charge on any atom is -0.379 e. The van der Waals surface area contributed by atoms with Crippen LogP contribution in [0.1, 0.15) is 24.2 Å². The van der Waals surface area contributed by atoms with Crippen molar-refractivity contribution in [1.82, 2.24) is 14.9 Å². The molecule has 6 nitrogen and oxygen atoms in total. The highest BCUT2D eigenvalue weighted by Crippen LogP contribution is 2.29. The Labute approximate surface area is 135 Å². The van der Waals surface area contributed by atoms with Gasteiger partial charge in [-0.25, -0.2) is 4.98 Å². The zero-order chi connectivity index (χ0) is 15.7. The van der Waals surface area contributed by atoms with Gasteiger partial charge in [0.25, 0.3) is 0 Å². The molecule has 120 valence electrons. The molecule has 0 aliphatic carbocycles. The molecule has 7 heteroatoms. The van der Waals surface area contributed by atoms with E-state index in [1.54, 1.807) is 0 Å². The molecule has 1 aromatic heterocycles. The molecule has 2 fully saturated rings. The first-order valence-corrected chi connectivity index (χ1v) is 8.04. The van der Waals surface area contributed by atoms with Crippen molar-refractivity contribution in [2.45, 2.75) is 19.9 Å². The molecule has 3 heterocycles. The first-order valence-electron chi connectivity index (χ1n) is 7.66. The second kappa shape index (κ2) is 6.48. The number of ketones is 1. The number of hydrogen-bond acceptors (Lipinski definition) is 6. The number of nitrogens with zero attached hydrogens (tertiary/aromatic N) is 4. The summed E-state index contributed by atoms with van der Waals surface area (Å²) in [5.74, 6) is 1.14. The highest BCUT2D eigenvalue weighted by atomic mass is 35.5. The number of Topliss-reactive ketones (excluding diaryl/α,β-unsaturated/α-hetero) is 1. The molecule has 2 unspecified atom stereocenters. The summed E-state index contributed by atoms with van der Waals surface area (Å²) >= 11 is 5.93. The Morgan fingerprint density at radius 1 is 1.36 bits per heavy atom. The van der Waals surface area contributed by atoms with Crippen molar-refractivity contribution in [3.05, 3.63) is 17.0 Å². The van der Waals surface area contributed by atoms with Crippen molar-refractivity contribution >= 4 is 23.2 Å². The van der Waals surface area contributed by atoms with Crippen LogP contribution in [-0.2, 0) is 4.74 Å². The minimum atomic E-state index is -0.0332. The second-order valence-electron chi connectivity index (χ2n) is 6.03. The summed E-state index contributed by atoms with van der Waals surface area (Å²) in [5.41, 5.74) is 0.541. The Hall–Kier alpha value is -1.24. The molecule has 2 atom stereocenters. The van der Waals surface area contributed by atoms with Crippen LogP contribution < -0.4 is 4.90 Å². The van der Waals surface area contributed by atoms with E-state index in [1.807, 2.05) is 0 Å². The zero-order valence-electron chi connectivity index (χ0n) is 13.0. The van der Waals surface area contributed by atoms with E-state index in [1.165, 1.54) is 13.1 Å². The van der Waals surface area contributed by atoms with Crippen LogP contribution in [0.4, 0.5) is 5.82 Å². The summed E-state index contributed by atoms with van der Waals surface area (Å²) < 4.78 is 5.43. The topological polar surface area (TPSA) is 58.6 Å². The Kier molecular flexibility index (Phi) is 4.61. The van der Waals surface area contributed by atoms with E-state index in [4.69, 9.17) is 16.3 Å². The lowest BCUT2D eigenvalue weighted by molar-refractivity contribution is 0.0134. The van der Waals surface area contributed by atoms with Crippen molar-refractivity contribution in [2.75, 3.05) is 44.3 Å². The number of aromatic nitrogens is 2. The van der Waals surface area contributed by atoms with E-state index in [-0.39, 0.29) is 11.1 Å². The third-order valence-electron chi connectivity index (χ3n) is 4.51. The standard InChI is InChI=1S/C15H21ClN4O2/c1-10-8-20(9-13(10)19-3-5-22-6-4-19)14-12(11(2)21)7-17-15(16)18-14/h7,10,13H,3-6,8-9H2,1-2H3. The van der Waals surface area contributed by atoms with E-state index < -0.39 is 0 Å². The van der Waals surface area contributed by atoms with Gasteiger partial charge in [-0.15, -0.1) is 0 Å². The fraction of sp³-hybridized carbons (Fsp3) is 0.667. The van der Waals surface area contributed by atoms with Crippen molar-refractivity contribution in [3.8, 4) is 0 Å². The predicted octanol–water partition coefficient (Wildman–Crippen LogP) is 1.49. The number of hydrogen-bond donors (Lipinski definition) is 0. The maximum absolute atomic E-state index is 11.8. The van der Waals surface area contributed by atoms with E-state index >= 15 is 0 Å². The number of morpholine rings is 1. The van der Waals surface area contributed by atoms with Gasteiger partial charge in [0.2, 0.25) is 5.28 Å². The molecule has 0 amide bonds. The van der Waals surface area contributed by atoms with Crippen molar-refractivity contribution in [1.29, 1.82) is 0 Å². The lowest BCUT2D eigenvalue weighted by Crippen LogP contribution is -2.46. The van der Waals surface area contributed by atoms with Crippen molar-refractivity contribution in [2.24, 2.45) is 5.92 Å². The zero-order valence-corrected chi connectivity index (χ0v) is 13.7. The maximum atomic E-state index is 11.8. The van der Waals surface area contributed by atoms with Gasteiger partial charge in [0.1, 0.15) is 5.82 Å². The van der Waals surface area contributed by atoms with E-state index in [2.05, 4.69) is 26.7 Å². The summed E-state index contributed by atoms with van der Waals surface area (Å²) in [5, 5.41) is 0.183. The molecular weight excluding hydrogens is 304 g/mol. The molecule has 0 spiro atoms. The fourth-order valence-corrected chi connectivity index (χ4v) is 3.48. The summed E-state index contributed by atoms with van der Waals surface area (Å²) in [4.78, 5) is 24.7. The van der Waals surface area contributed by atoms with E-state index in [9.17, 15) is 4.79 Å². The number of rotatable bonds is 3. The highest BCUT2D eigenvalue weighted by molar-refractivity contribution is 6.28. The van der Waals surface area contributed by atoms with Crippen LogP contribution in [0.25, 0.3) is 0 Å². The highest BCUT2D eigenvalue weighted by Gasteiger charge is 2.36. The van der Waals surface area contributed by atoms with E-state index in [0.717, 1.165) is 39.4 Å². The van der Waals surface area contributed by atoms with Gasteiger partial charge in [-0.05, 0) is 24.4 Å². The van der Waals surface area contributed by atoms with Gasteiger partial charge in [-0.1, -0.05) is 6.92 Å². The smallest absolute Gasteiger partial charge is 0.224 e. The fourth-order valence-electron chi connectivity index (χ4n) is 3.35. The van der Waals surface area contributed by atoms with Gasteiger partial charge >= 0.3 is 0 Å². The normalized spacial score (nSPS) is 26.4. The first-order chi connectivity index (χ1) is 10.6. The lowest BCUT2D eigenvalue weighted by atomic mass is 10.0. The Morgan fingerprint density at radius 2 is 2.09 bits per heavy atom. The molecule has 22 heavy (non-hydrogen) atoms. The van der Waals surface area contributed by atoms with Gasteiger partial charge in [-0.3, -0.25) is 9.69 Å². The number of ether oxygens (including phenoxy) is 1. The molecule has 0 N–H and O–H groups in total. The van der Waals surface area contributed by atoms with Gasteiger partial charge in [0.15, 0.2) is 5.78 Å².